The summed E-state index contributed by atoms with van der Waals surface area (Å²) in [5, 5.41) is 0. The highest BCUT2D eigenvalue weighted by molar-refractivity contribution is 5.95. The van der Waals surface area contributed by atoms with Gasteiger partial charge in [-0.25, -0.2) is 4.79 Å². The van der Waals surface area contributed by atoms with Crippen LogP contribution in [0.3, 0.4) is 0 Å². The highest BCUT2D eigenvalue weighted by Gasteiger charge is 2.19. The second-order valence-corrected chi connectivity index (χ2v) is 4.76. The van der Waals surface area contributed by atoms with Crippen LogP contribution in [0, 0.1) is 0 Å². The molecule has 0 bridgehead atoms. The summed E-state index contributed by atoms with van der Waals surface area (Å²) in [5.41, 5.74) is 1.63. The van der Waals surface area contributed by atoms with E-state index < -0.39 is 5.97 Å². The van der Waals surface area contributed by atoms with E-state index in [0.717, 1.165) is 0 Å². The summed E-state index contributed by atoms with van der Waals surface area (Å²) in [6, 6.07) is 4.96. The molecule has 1 N–H and O–H groups in total. The summed E-state index contributed by atoms with van der Waals surface area (Å²) in [7, 11) is 4.51. The molecule has 0 amide bonds. The number of rotatable bonds is 7. The van der Waals surface area contributed by atoms with E-state index in [1.54, 1.807) is 25.1 Å². The number of methoxy groups -OCH3 is 3. The van der Waals surface area contributed by atoms with Crippen LogP contribution in [-0.2, 0) is 4.74 Å². The van der Waals surface area contributed by atoms with Crippen LogP contribution in [0.25, 0.3) is 11.1 Å². The average molecular weight is 333 g/mol. The van der Waals surface area contributed by atoms with Crippen molar-refractivity contribution in [1.82, 2.24) is 4.98 Å². The Bertz CT molecular complexity index is 725. The van der Waals surface area contributed by atoms with Crippen LogP contribution >= 0.6 is 0 Å². The third-order valence-corrected chi connectivity index (χ3v) is 3.44. The van der Waals surface area contributed by atoms with E-state index in [-0.39, 0.29) is 18.0 Å². The van der Waals surface area contributed by atoms with E-state index in [0.29, 0.717) is 34.7 Å². The fraction of sp³-hybridized carbons (Fsp3) is 0.294. The predicted octanol–water partition coefficient (Wildman–Crippen LogP) is 2.70. The lowest BCUT2D eigenvalue weighted by atomic mass is 10.0. The van der Waals surface area contributed by atoms with Crippen LogP contribution in [0.5, 0.6) is 17.2 Å². The SMILES string of the molecule is CCOC(=O)c1cc(-c2cc(OC)c(OC)c(OC)c2)c(C=O)[nH]1. The summed E-state index contributed by atoms with van der Waals surface area (Å²) in [6.45, 7) is 1.95. The fourth-order valence-corrected chi connectivity index (χ4v) is 2.36. The van der Waals surface area contributed by atoms with Gasteiger partial charge in [0.15, 0.2) is 17.8 Å². The standard InChI is InChI=1S/C17H19NO6/c1-5-24-17(20)12-8-11(13(9-19)18-12)10-6-14(21-2)16(23-4)15(7-10)22-3/h6-9,18H,5H2,1-4H3. The van der Waals surface area contributed by atoms with Gasteiger partial charge in [0.25, 0.3) is 0 Å². The molecule has 7 heteroatoms. The van der Waals surface area contributed by atoms with Gasteiger partial charge >= 0.3 is 5.97 Å². The number of esters is 1. The number of benzene rings is 1. The topological polar surface area (TPSA) is 86.8 Å². The summed E-state index contributed by atoms with van der Waals surface area (Å²) in [5.74, 6) is 0.807. The second kappa shape index (κ2) is 7.54. The molecule has 24 heavy (non-hydrogen) atoms. The minimum atomic E-state index is -0.528. The quantitative estimate of drug-likeness (QED) is 0.619. The van der Waals surface area contributed by atoms with Crippen molar-refractivity contribution in [1.29, 1.82) is 0 Å². The van der Waals surface area contributed by atoms with Gasteiger partial charge in [0.2, 0.25) is 5.75 Å². The van der Waals surface area contributed by atoms with Gasteiger partial charge in [-0.3, -0.25) is 4.79 Å². The van der Waals surface area contributed by atoms with Gasteiger partial charge in [0.1, 0.15) is 5.69 Å². The summed E-state index contributed by atoms with van der Waals surface area (Å²) in [6.07, 6.45) is 0.640. The molecule has 0 spiro atoms. The Labute approximate surface area is 139 Å². The monoisotopic (exact) mass is 333 g/mol. The van der Waals surface area contributed by atoms with E-state index in [4.69, 9.17) is 18.9 Å². The van der Waals surface area contributed by atoms with Crippen LogP contribution in [0.15, 0.2) is 18.2 Å². The van der Waals surface area contributed by atoms with Crippen molar-refractivity contribution in [3.8, 4) is 28.4 Å². The number of carbonyl (C=O) groups is 2. The van der Waals surface area contributed by atoms with Crippen molar-refractivity contribution in [3.63, 3.8) is 0 Å². The Morgan fingerprint density at radius 2 is 1.71 bits per heavy atom. The average Bonchev–Trinajstić information content (AvgIpc) is 3.05. The number of nitrogens with one attached hydrogen (secondary N) is 1. The summed E-state index contributed by atoms with van der Waals surface area (Å²) < 4.78 is 20.9. The zero-order valence-corrected chi connectivity index (χ0v) is 14.0. The molecular formula is C17H19NO6. The van der Waals surface area contributed by atoms with E-state index in [1.165, 1.54) is 21.3 Å². The lowest BCUT2D eigenvalue weighted by molar-refractivity contribution is 0.0520. The fourth-order valence-electron chi connectivity index (χ4n) is 2.36. The number of hydrogen-bond acceptors (Lipinski definition) is 6. The molecule has 0 aliphatic carbocycles. The maximum absolute atomic E-state index is 11.9. The van der Waals surface area contributed by atoms with Crippen LogP contribution < -0.4 is 14.2 Å². The lowest BCUT2D eigenvalue weighted by Gasteiger charge is -2.14. The van der Waals surface area contributed by atoms with Crippen LogP contribution in [0.1, 0.15) is 27.9 Å². The van der Waals surface area contributed by atoms with E-state index in [1.807, 2.05) is 0 Å². The molecule has 0 aliphatic rings. The molecule has 0 radical (unpaired) electrons. The number of carbonyl (C=O) groups excluding carboxylic acids is 2. The first-order valence-electron chi connectivity index (χ1n) is 7.25. The highest BCUT2D eigenvalue weighted by Crippen LogP contribution is 2.41. The predicted molar refractivity (Wildman–Crippen MR) is 87.2 cm³/mol. The Morgan fingerprint density at radius 3 is 2.17 bits per heavy atom. The van der Waals surface area contributed by atoms with Crippen molar-refractivity contribution < 1.29 is 28.5 Å². The number of hydrogen-bond donors (Lipinski definition) is 1. The molecule has 2 aromatic rings. The van der Waals surface area contributed by atoms with Gasteiger partial charge in [-0.1, -0.05) is 0 Å². The molecule has 7 nitrogen and oxygen atoms in total. The molecular weight excluding hydrogens is 314 g/mol. The van der Waals surface area contributed by atoms with Gasteiger partial charge in [-0.15, -0.1) is 0 Å². The van der Waals surface area contributed by atoms with Crippen LogP contribution in [0.4, 0.5) is 0 Å². The van der Waals surface area contributed by atoms with Crippen molar-refractivity contribution >= 4 is 12.3 Å². The molecule has 1 heterocycles. The number of aromatic amines is 1. The Morgan fingerprint density at radius 1 is 1.08 bits per heavy atom. The lowest BCUT2D eigenvalue weighted by Crippen LogP contribution is -2.04. The number of ether oxygens (including phenoxy) is 4. The Balaban J connectivity index is 2.59. The van der Waals surface area contributed by atoms with Crippen LogP contribution in [0.2, 0.25) is 0 Å². The Hall–Kier alpha value is -2.96. The number of H-pyrrole nitrogens is 1. The van der Waals surface area contributed by atoms with Gasteiger partial charge in [0.05, 0.1) is 33.6 Å². The number of aldehydes is 1. The van der Waals surface area contributed by atoms with E-state index in [9.17, 15) is 9.59 Å². The third-order valence-electron chi connectivity index (χ3n) is 3.44. The molecule has 1 aromatic carbocycles. The molecule has 0 saturated carbocycles. The first-order valence-corrected chi connectivity index (χ1v) is 7.25. The first kappa shape index (κ1) is 17.4. The highest BCUT2D eigenvalue weighted by atomic mass is 16.5. The zero-order valence-electron chi connectivity index (χ0n) is 14.0. The summed E-state index contributed by atoms with van der Waals surface area (Å²) in [4.78, 5) is 26.0. The van der Waals surface area contributed by atoms with Crippen LogP contribution in [-0.4, -0.2) is 45.2 Å². The van der Waals surface area contributed by atoms with Crippen molar-refractivity contribution in [3.05, 3.63) is 29.6 Å². The molecule has 0 fully saturated rings. The van der Waals surface area contributed by atoms with Crippen molar-refractivity contribution in [2.24, 2.45) is 0 Å². The maximum atomic E-state index is 11.9. The molecule has 1 aromatic heterocycles. The molecule has 0 aliphatic heterocycles. The number of aromatic nitrogens is 1. The van der Waals surface area contributed by atoms with E-state index in [2.05, 4.69) is 4.98 Å². The molecule has 2 rings (SSSR count). The second-order valence-electron chi connectivity index (χ2n) is 4.76. The van der Waals surface area contributed by atoms with Gasteiger partial charge in [-0.05, 0) is 30.7 Å². The molecule has 128 valence electrons. The molecule has 0 atom stereocenters. The molecule has 0 unspecified atom stereocenters. The van der Waals surface area contributed by atoms with Gasteiger partial charge < -0.3 is 23.9 Å². The summed E-state index contributed by atoms with van der Waals surface area (Å²) >= 11 is 0. The minimum Gasteiger partial charge on any atom is -0.493 e. The van der Waals surface area contributed by atoms with Crippen molar-refractivity contribution in [2.45, 2.75) is 6.92 Å². The smallest absolute Gasteiger partial charge is 0.354 e. The third kappa shape index (κ3) is 3.19. The maximum Gasteiger partial charge on any atom is 0.354 e. The van der Waals surface area contributed by atoms with Crippen molar-refractivity contribution in [2.75, 3.05) is 27.9 Å². The first-order chi connectivity index (χ1) is 11.6. The van der Waals surface area contributed by atoms with Gasteiger partial charge in [-0.2, -0.15) is 0 Å². The minimum absolute atomic E-state index is 0.197. The zero-order chi connectivity index (χ0) is 17.7. The van der Waals surface area contributed by atoms with E-state index >= 15 is 0 Å². The largest absolute Gasteiger partial charge is 0.493 e. The Kier molecular flexibility index (Phi) is 5.47. The van der Waals surface area contributed by atoms with Gasteiger partial charge in [0, 0.05) is 5.56 Å². The normalized spacial score (nSPS) is 10.2. The molecule has 0 saturated heterocycles.